The molecule has 0 fully saturated rings. The summed E-state index contributed by atoms with van der Waals surface area (Å²) in [5.41, 5.74) is 6.30. The van der Waals surface area contributed by atoms with E-state index >= 15 is 0 Å². The van der Waals surface area contributed by atoms with Crippen LogP contribution in [0.25, 0.3) is 0 Å². The maximum absolute atomic E-state index is 13.0. The number of unbranched alkanes of at least 4 members (excludes halogenated alkanes) is 5. The molecule has 0 aliphatic rings. The summed E-state index contributed by atoms with van der Waals surface area (Å²) in [6.45, 7) is 1.07. The van der Waals surface area contributed by atoms with Crippen LogP contribution in [-0.4, -0.2) is 29.8 Å². The van der Waals surface area contributed by atoms with E-state index in [9.17, 15) is 9.59 Å². The van der Waals surface area contributed by atoms with Gasteiger partial charge in [0.2, 0.25) is 0 Å². The summed E-state index contributed by atoms with van der Waals surface area (Å²) in [5, 5.41) is 0.918. The third kappa shape index (κ3) is 6.93. The Morgan fingerprint density at radius 1 is 0.750 bits per heavy atom. The Morgan fingerprint density at radius 2 is 1.21 bits per heavy atom. The van der Waals surface area contributed by atoms with Crippen molar-refractivity contribution in [2.45, 2.75) is 38.5 Å². The quantitative estimate of drug-likeness (QED) is 0.403. The molecule has 150 valence electrons. The molecule has 2 aromatic carbocycles. The van der Waals surface area contributed by atoms with E-state index in [1.165, 1.54) is 4.90 Å². The number of carbonyl (C=O) groups excluding carboxylic acids is 2. The van der Waals surface area contributed by atoms with E-state index in [0.29, 0.717) is 27.7 Å². The molecule has 0 bridgehead atoms. The molecule has 0 saturated heterocycles. The van der Waals surface area contributed by atoms with Crippen molar-refractivity contribution in [3.63, 3.8) is 0 Å². The molecular formula is C22H26Cl2N2O2. The van der Waals surface area contributed by atoms with Crippen LogP contribution in [0.1, 0.15) is 59.2 Å². The molecule has 0 atom stereocenters. The zero-order valence-electron chi connectivity index (χ0n) is 15.9. The highest BCUT2D eigenvalue weighted by atomic mass is 35.5. The largest absolute Gasteiger partial charge is 0.330 e. The minimum absolute atomic E-state index is 0.351. The molecule has 2 N–H and O–H groups in total. The fraction of sp³-hybridized carbons (Fsp3) is 0.364. The first kappa shape index (κ1) is 22.4. The summed E-state index contributed by atoms with van der Waals surface area (Å²) < 4.78 is 0. The summed E-state index contributed by atoms with van der Waals surface area (Å²) in [6, 6.07) is 13.3. The van der Waals surface area contributed by atoms with Gasteiger partial charge in [-0.3, -0.25) is 14.5 Å². The molecule has 0 aliphatic heterocycles. The van der Waals surface area contributed by atoms with Gasteiger partial charge in [-0.2, -0.15) is 0 Å². The maximum Gasteiger partial charge on any atom is 0.260 e. The minimum atomic E-state index is -0.351. The van der Waals surface area contributed by atoms with Gasteiger partial charge in [-0.05, 0) is 55.8 Å². The second-order valence-corrected chi connectivity index (χ2v) is 7.57. The fourth-order valence-corrected chi connectivity index (χ4v) is 3.35. The van der Waals surface area contributed by atoms with Crippen LogP contribution in [0.4, 0.5) is 0 Å². The summed E-state index contributed by atoms with van der Waals surface area (Å²) in [4.78, 5) is 27.3. The second kappa shape index (κ2) is 11.8. The number of nitrogens with zero attached hydrogens (tertiary/aromatic N) is 1. The lowest BCUT2D eigenvalue weighted by atomic mass is 10.1. The number of rotatable bonds is 10. The average Bonchev–Trinajstić information content (AvgIpc) is 2.69. The number of halogens is 2. The van der Waals surface area contributed by atoms with E-state index in [4.69, 9.17) is 28.9 Å². The first-order valence-electron chi connectivity index (χ1n) is 9.60. The fourth-order valence-electron chi connectivity index (χ4n) is 2.97. The van der Waals surface area contributed by atoms with Crippen LogP contribution in [0, 0.1) is 0 Å². The van der Waals surface area contributed by atoms with Gasteiger partial charge in [-0.15, -0.1) is 0 Å². The number of nitrogens with two attached hydrogens (primary N) is 1. The standard InChI is InChI=1S/C22H26Cl2N2O2/c23-19-11-7-9-17(15-19)21(27)26(14-6-4-2-1-3-5-13-25)22(28)18-10-8-12-20(24)16-18/h7-12,15-16H,1-6,13-14,25H2. The highest BCUT2D eigenvalue weighted by Gasteiger charge is 2.24. The van der Waals surface area contributed by atoms with Crippen LogP contribution in [0.2, 0.25) is 10.0 Å². The van der Waals surface area contributed by atoms with E-state index < -0.39 is 0 Å². The molecule has 2 rings (SSSR count). The first-order chi connectivity index (χ1) is 13.5. The van der Waals surface area contributed by atoms with Gasteiger partial charge < -0.3 is 5.73 Å². The van der Waals surface area contributed by atoms with Crippen molar-refractivity contribution in [2.24, 2.45) is 5.73 Å². The van der Waals surface area contributed by atoms with Crippen LogP contribution < -0.4 is 5.73 Å². The monoisotopic (exact) mass is 420 g/mol. The molecular weight excluding hydrogens is 395 g/mol. The molecule has 0 saturated carbocycles. The Bertz CT molecular complexity index is 738. The smallest absolute Gasteiger partial charge is 0.260 e. The van der Waals surface area contributed by atoms with Gasteiger partial charge in [0.15, 0.2) is 0 Å². The molecule has 2 aromatic rings. The second-order valence-electron chi connectivity index (χ2n) is 6.69. The third-order valence-corrected chi connectivity index (χ3v) is 4.94. The minimum Gasteiger partial charge on any atom is -0.330 e. The topological polar surface area (TPSA) is 63.4 Å². The average molecular weight is 421 g/mol. The Hall–Kier alpha value is -1.88. The molecule has 0 radical (unpaired) electrons. The highest BCUT2D eigenvalue weighted by Crippen LogP contribution is 2.18. The molecule has 28 heavy (non-hydrogen) atoms. The normalized spacial score (nSPS) is 10.7. The predicted molar refractivity (Wildman–Crippen MR) is 115 cm³/mol. The number of amides is 2. The van der Waals surface area contributed by atoms with Crippen molar-refractivity contribution in [2.75, 3.05) is 13.1 Å². The number of imide groups is 1. The van der Waals surface area contributed by atoms with E-state index in [0.717, 1.165) is 45.1 Å². The van der Waals surface area contributed by atoms with Crippen LogP contribution in [-0.2, 0) is 0 Å². The summed E-state index contributed by atoms with van der Waals surface area (Å²) in [5.74, 6) is -0.703. The number of hydrogen-bond donors (Lipinski definition) is 1. The zero-order valence-corrected chi connectivity index (χ0v) is 17.4. The lowest BCUT2D eigenvalue weighted by molar-refractivity contribution is 0.0613. The molecule has 0 unspecified atom stereocenters. The number of hydrogen-bond acceptors (Lipinski definition) is 3. The third-order valence-electron chi connectivity index (χ3n) is 4.47. The summed E-state index contributed by atoms with van der Waals surface area (Å²) >= 11 is 12.0. The van der Waals surface area contributed by atoms with E-state index in [1.54, 1.807) is 48.5 Å². The molecule has 0 spiro atoms. The van der Waals surface area contributed by atoms with Gasteiger partial charge in [0.25, 0.3) is 11.8 Å². The van der Waals surface area contributed by atoms with Crippen molar-refractivity contribution in [3.8, 4) is 0 Å². The Labute approximate surface area is 176 Å². The molecule has 0 aliphatic carbocycles. The SMILES string of the molecule is NCCCCCCCCN(C(=O)c1cccc(Cl)c1)C(=O)c1cccc(Cl)c1. The Kier molecular flexibility index (Phi) is 9.48. The molecule has 4 nitrogen and oxygen atoms in total. The molecule has 6 heteroatoms. The van der Waals surface area contributed by atoms with Gasteiger partial charge in [0, 0.05) is 27.7 Å². The summed E-state index contributed by atoms with van der Waals surface area (Å²) in [7, 11) is 0. The zero-order chi connectivity index (χ0) is 20.4. The maximum atomic E-state index is 13.0. The van der Waals surface area contributed by atoms with Crippen molar-refractivity contribution in [1.29, 1.82) is 0 Å². The number of carbonyl (C=O) groups is 2. The van der Waals surface area contributed by atoms with Crippen LogP contribution in [0.5, 0.6) is 0 Å². The van der Waals surface area contributed by atoms with Crippen LogP contribution in [0.3, 0.4) is 0 Å². The number of benzene rings is 2. The van der Waals surface area contributed by atoms with Crippen molar-refractivity contribution < 1.29 is 9.59 Å². The van der Waals surface area contributed by atoms with E-state index in [-0.39, 0.29) is 11.8 Å². The lowest BCUT2D eigenvalue weighted by Crippen LogP contribution is -2.37. The molecule has 0 heterocycles. The summed E-state index contributed by atoms with van der Waals surface area (Å²) in [6.07, 6.45) is 6.02. The Balaban J connectivity index is 2.09. The van der Waals surface area contributed by atoms with Gasteiger partial charge >= 0.3 is 0 Å². The van der Waals surface area contributed by atoms with Gasteiger partial charge in [-0.25, -0.2) is 0 Å². The first-order valence-corrected chi connectivity index (χ1v) is 10.4. The predicted octanol–water partition coefficient (Wildman–Crippen LogP) is 5.58. The van der Waals surface area contributed by atoms with Crippen molar-refractivity contribution in [3.05, 3.63) is 69.7 Å². The van der Waals surface area contributed by atoms with Crippen molar-refractivity contribution >= 4 is 35.0 Å². The van der Waals surface area contributed by atoms with Gasteiger partial charge in [0.1, 0.15) is 0 Å². The lowest BCUT2D eigenvalue weighted by Gasteiger charge is -2.21. The van der Waals surface area contributed by atoms with Gasteiger partial charge in [-0.1, -0.05) is 61.0 Å². The van der Waals surface area contributed by atoms with E-state index in [1.807, 2.05) is 0 Å². The Morgan fingerprint density at radius 3 is 1.68 bits per heavy atom. The van der Waals surface area contributed by atoms with Crippen LogP contribution in [0.15, 0.2) is 48.5 Å². The molecule has 0 aromatic heterocycles. The van der Waals surface area contributed by atoms with Crippen LogP contribution >= 0.6 is 23.2 Å². The molecule has 2 amide bonds. The van der Waals surface area contributed by atoms with Gasteiger partial charge in [0.05, 0.1) is 0 Å². The highest BCUT2D eigenvalue weighted by molar-refractivity contribution is 6.31. The van der Waals surface area contributed by atoms with E-state index in [2.05, 4.69) is 0 Å². The van der Waals surface area contributed by atoms with Crippen molar-refractivity contribution in [1.82, 2.24) is 4.90 Å².